The average molecular weight is 399 g/mol. The molecule has 4 nitrogen and oxygen atoms in total. The molecule has 2 aliphatic rings. The third-order valence-electron chi connectivity index (χ3n) is 6.01. The summed E-state index contributed by atoms with van der Waals surface area (Å²) >= 11 is 0. The van der Waals surface area contributed by atoms with Crippen molar-refractivity contribution in [1.82, 2.24) is 4.57 Å². The van der Waals surface area contributed by atoms with Gasteiger partial charge in [0.2, 0.25) is 0 Å². The van der Waals surface area contributed by atoms with Crippen LogP contribution in [0.2, 0.25) is 0 Å². The van der Waals surface area contributed by atoms with Gasteiger partial charge >= 0.3 is 15.6 Å². The molecule has 4 rings (SSSR count). The normalized spacial score (nSPS) is 25.7. The monoisotopic (exact) mass is 399 g/mol. The third-order valence-corrected chi connectivity index (χ3v) is 7.01. The summed E-state index contributed by atoms with van der Waals surface area (Å²) in [6.45, 7) is 1.97. The number of fused-ring (bicyclic) bond motifs is 5. The van der Waals surface area contributed by atoms with E-state index in [0.717, 1.165) is 29.4 Å². The molecule has 1 unspecified atom stereocenters. The Balaban J connectivity index is 1.84. The summed E-state index contributed by atoms with van der Waals surface area (Å²) in [7, 11) is -3.70. The van der Waals surface area contributed by atoms with Crippen LogP contribution in [0, 0.1) is 5.92 Å². The van der Waals surface area contributed by atoms with E-state index in [1.54, 1.807) is 6.08 Å². The molecule has 0 aliphatic heterocycles. The molecule has 1 heterocycles. The molecular formula is C19H20F3NO3S. The van der Waals surface area contributed by atoms with Gasteiger partial charge in [-0.3, -0.25) is 0 Å². The van der Waals surface area contributed by atoms with Gasteiger partial charge in [-0.15, -0.1) is 0 Å². The summed E-state index contributed by atoms with van der Waals surface area (Å²) in [4.78, 5) is 0. The number of alkyl halides is 3. The fourth-order valence-corrected chi connectivity index (χ4v) is 5.34. The number of aromatic nitrogens is 1. The molecule has 0 saturated carbocycles. The first-order valence-electron chi connectivity index (χ1n) is 8.84. The van der Waals surface area contributed by atoms with Gasteiger partial charge in [-0.1, -0.05) is 25.1 Å². The van der Waals surface area contributed by atoms with E-state index >= 15 is 0 Å². The lowest BCUT2D eigenvalue weighted by Crippen LogP contribution is -2.40. The van der Waals surface area contributed by atoms with Gasteiger partial charge < -0.3 is 8.75 Å². The Hall–Kier alpha value is -1.96. The number of halogens is 3. The minimum atomic E-state index is -5.65. The zero-order chi connectivity index (χ0) is 19.6. The number of nitrogens with zero attached hydrogens (tertiary/aromatic N) is 1. The summed E-state index contributed by atoms with van der Waals surface area (Å²) in [6, 6.07) is 7.99. The van der Waals surface area contributed by atoms with Crippen LogP contribution in [-0.2, 0) is 33.2 Å². The molecule has 2 aromatic rings. The van der Waals surface area contributed by atoms with Crippen molar-refractivity contribution >= 4 is 21.0 Å². The third kappa shape index (κ3) is 2.68. The molecule has 2 aliphatic carbocycles. The van der Waals surface area contributed by atoms with E-state index in [9.17, 15) is 21.6 Å². The smallest absolute Gasteiger partial charge is 0.381 e. The maximum absolute atomic E-state index is 12.7. The fraction of sp³-hybridized carbons (Fsp3) is 0.474. The largest absolute Gasteiger partial charge is 0.534 e. The van der Waals surface area contributed by atoms with E-state index in [4.69, 9.17) is 0 Å². The number of hydrogen-bond acceptors (Lipinski definition) is 3. The van der Waals surface area contributed by atoms with E-state index in [1.807, 2.05) is 32.2 Å². The molecule has 0 N–H and O–H groups in total. The highest BCUT2D eigenvalue weighted by Gasteiger charge is 2.50. The predicted octanol–water partition coefficient (Wildman–Crippen LogP) is 4.54. The van der Waals surface area contributed by atoms with Gasteiger partial charge in [-0.05, 0) is 42.9 Å². The minimum absolute atomic E-state index is 0.121. The predicted molar refractivity (Wildman–Crippen MR) is 95.5 cm³/mol. The minimum Gasteiger partial charge on any atom is -0.381 e. The summed E-state index contributed by atoms with van der Waals surface area (Å²) in [5, 5.41) is 1.14. The lowest BCUT2D eigenvalue weighted by molar-refractivity contribution is -0.0525. The van der Waals surface area contributed by atoms with Gasteiger partial charge in [0.1, 0.15) is 5.76 Å². The Kier molecular flexibility index (Phi) is 3.93. The second-order valence-electron chi connectivity index (χ2n) is 7.55. The standard InChI is InChI=1S/C19H20F3NO3S/c1-18-11-13(26-27(24,25)19(20,21)22)9-7-12(18)8-10-15-14-5-3-4-6-16(14)23(2)17(15)18/h3-6,11-12H,7-10H2,1-2H3/t12?,18-/m1/s1. The van der Waals surface area contributed by atoms with E-state index < -0.39 is 21.0 Å². The van der Waals surface area contributed by atoms with Crippen molar-refractivity contribution in [2.45, 2.75) is 43.5 Å². The zero-order valence-electron chi connectivity index (χ0n) is 15.0. The Morgan fingerprint density at radius 3 is 2.56 bits per heavy atom. The molecule has 0 saturated heterocycles. The maximum Gasteiger partial charge on any atom is 0.534 e. The molecule has 1 aromatic carbocycles. The fourth-order valence-electron chi connectivity index (χ4n) is 4.83. The molecule has 27 heavy (non-hydrogen) atoms. The molecule has 0 amide bonds. The number of rotatable bonds is 2. The first-order valence-corrected chi connectivity index (χ1v) is 10.2. The SMILES string of the molecule is Cn1c2c(c3ccccc31)CCC1CCC(OS(=O)(=O)C(F)(F)F)=C[C@@]21C. The van der Waals surface area contributed by atoms with Gasteiger partial charge in [-0.25, -0.2) is 0 Å². The highest BCUT2D eigenvalue weighted by molar-refractivity contribution is 7.87. The Morgan fingerprint density at radius 1 is 1.19 bits per heavy atom. The molecule has 146 valence electrons. The highest BCUT2D eigenvalue weighted by atomic mass is 32.2. The van der Waals surface area contributed by atoms with Gasteiger partial charge in [-0.2, -0.15) is 21.6 Å². The number of aryl methyl sites for hydroxylation is 2. The topological polar surface area (TPSA) is 48.3 Å². The van der Waals surface area contributed by atoms with Gasteiger partial charge in [0, 0.05) is 35.5 Å². The van der Waals surface area contributed by atoms with E-state index in [2.05, 4.69) is 14.8 Å². The van der Waals surface area contributed by atoms with Gasteiger partial charge in [0.25, 0.3) is 0 Å². The van der Waals surface area contributed by atoms with Crippen LogP contribution in [0.3, 0.4) is 0 Å². The molecule has 0 fully saturated rings. The Bertz CT molecular complexity index is 1050. The molecule has 0 spiro atoms. The van der Waals surface area contributed by atoms with Crippen LogP contribution in [0.4, 0.5) is 13.2 Å². The highest BCUT2D eigenvalue weighted by Crippen LogP contribution is 2.51. The first kappa shape index (κ1) is 18.4. The van der Waals surface area contributed by atoms with Crippen LogP contribution >= 0.6 is 0 Å². The van der Waals surface area contributed by atoms with Crippen molar-refractivity contribution < 1.29 is 25.8 Å². The molecule has 8 heteroatoms. The average Bonchev–Trinajstić information content (AvgIpc) is 2.87. The Morgan fingerprint density at radius 2 is 1.85 bits per heavy atom. The number of allylic oxidation sites excluding steroid dienone is 2. The summed E-state index contributed by atoms with van der Waals surface area (Å²) < 4.78 is 67.6. The summed E-state index contributed by atoms with van der Waals surface area (Å²) in [5.74, 6) is 0.109. The first-order chi connectivity index (χ1) is 12.5. The van der Waals surface area contributed by atoms with Crippen molar-refractivity contribution in [3.63, 3.8) is 0 Å². The van der Waals surface area contributed by atoms with E-state index in [1.165, 1.54) is 5.56 Å². The van der Waals surface area contributed by atoms with E-state index in [-0.39, 0.29) is 18.1 Å². The van der Waals surface area contributed by atoms with E-state index in [0.29, 0.717) is 6.42 Å². The van der Waals surface area contributed by atoms with Crippen LogP contribution in [0.5, 0.6) is 0 Å². The number of hydrogen-bond donors (Lipinski definition) is 0. The van der Waals surface area contributed by atoms with Crippen molar-refractivity contribution in [2.24, 2.45) is 13.0 Å². The van der Waals surface area contributed by atoms with Crippen molar-refractivity contribution in [3.8, 4) is 0 Å². The van der Waals surface area contributed by atoms with Crippen molar-refractivity contribution in [2.75, 3.05) is 0 Å². The van der Waals surface area contributed by atoms with Gasteiger partial charge in [0.05, 0.1) is 0 Å². The molecule has 1 aromatic heterocycles. The summed E-state index contributed by atoms with van der Waals surface area (Å²) in [5.41, 5.74) is -2.72. The second kappa shape index (κ2) is 5.77. The van der Waals surface area contributed by atoms with Crippen LogP contribution in [0.25, 0.3) is 10.9 Å². The van der Waals surface area contributed by atoms with Crippen LogP contribution in [0.15, 0.2) is 36.1 Å². The van der Waals surface area contributed by atoms with Crippen LogP contribution < -0.4 is 0 Å². The van der Waals surface area contributed by atoms with Crippen LogP contribution in [0.1, 0.15) is 37.4 Å². The van der Waals surface area contributed by atoms with Crippen LogP contribution in [-0.4, -0.2) is 18.5 Å². The van der Waals surface area contributed by atoms with Crippen molar-refractivity contribution in [3.05, 3.63) is 47.4 Å². The molecule has 0 radical (unpaired) electrons. The molecular weight excluding hydrogens is 379 g/mol. The number of para-hydroxylation sites is 1. The zero-order valence-corrected chi connectivity index (χ0v) is 15.8. The lowest BCUT2D eigenvalue weighted by atomic mass is 9.62. The van der Waals surface area contributed by atoms with Gasteiger partial charge in [0.15, 0.2) is 0 Å². The lowest BCUT2D eigenvalue weighted by Gasteiger charge is -2.43. The summed E-state index contributed by atoms with van der Waals surface area (Å²) in [6.07, 6.45) is 4.20. The van der Waals surface area contributed by atoms with Crippen molar-refractivity contribution in [1.29, 1.82) is 0 Å². The number of benzene rings is 1. The second-order valence-corrected chi connectivity index (χ2v) is 9.09. The quantitative estimate of drug-likeness (QED) is 0.550. The maximum atomic E-state index is 12.7. The molecule has 2 atom stereocenters. The Labute approximate surface area is 155 Å². The molecule has 0 bridgehead atoms.